The van der Waals surface area contributed by atoms with Crippen molar-refractivity contribution in [1.82, 2.24) is 0 Å². The predicted octanol–water partition coefficient (Wildman–Crippen LogP) is 4.43. The highest BCUT2D eigenvalue weighted by atomic mass is 35.5. The third-order valence-electron chi connectivity index (χ3n) is 3.32. The van der Waals surface area contributed by atoms with Crippen LogP contribution in [0.4, 0.5) is 5.69 Å². The molecule has 1 aliphatic heterocycles. The summed E-state index contributed by atoms with van der Waals surface area (Å²) in [5, 5.41) is 0.677. The van der Waals surface area contributed by atoms with Crippen LogP contribution < -0.4 is 4.90 Å². The highest BCUT2D eigenvalue weighted by Gasteiger charge is 2.33. The van der Waals surface area contributed by atoms with Gasteiger partial charge in [0.1, 0.15) is 5.37 Å². The minimum absolute atomic E-state index is 0.0292. The molecule has 0 N–H and O–H groups in total. The smallest absolute Gasteiger partial charge is 0.238 e. The fourth-order valence-electron chi connectivity index (χ4n) is 2.31. The Morgan fingerprint density at radius 1 is 1.20 bits per heavy atom. The first-order chi connectivity index (χ1) is 9.65. The van der Waals surface area contributed by atoms with Crippen molar-refractivity contribution < 1.29 is 4.79 Å². The second kappa shape index (κ2) is 5.51. The van der Waals surface area contributed by atoms with Crippen LogP contribution in [0.5, 0.6) is 0 Å². The fourth-order valence-corrected chi connectivity index (χ4v) is 3.67. The maximum Gasteiger partial charge on any atom is 0.238 e. The molecule has 1 aliphatic rings. The lowest BCUT2D eigenvalue weighted by Crippen LogP contribution is -2.27. The average Bonchev–Trinajstić information content (AvgIpc) is 2.81. The summed E-state index contributed by atoms with van der Waals surface area (Å²) in [6.07, 6.45) is 0. The third kappa shape index (κ3) is 2.56. The van der Waals surface area contributed by atoms with Crippen LogP contribution in [-0.4, -0.2) is 11.7 Å². The normalized spacial score (nSPS) is 18.6. The molecule has 0 aromatic heterocycles. The average molecular weight is 304 g/mol. The molecule has 2 aromatic carbocycles. The molecule has 0 bridgehead atoms. The standard InChI is InChI=1S/C16H14ClNOS/c1-11-5-7-12(8-6-11)16-18(15(19)10-20-16)14-4-2-3-13(17)9-14/h2-9,16H,10H2,1H3/t16-/m0/s1. The molecule has 3 rings (SSSR count). The number of hydrogen-bond acceptors (Lipinski definition) is 2. The Morgan fingerprint density at radius 2 is 1.95 bits per heavy atom. The lowest BCUT2D eigenvalue weighted by molar-refractivity contribution is -0.115. The molecule has 0 spiro atoms. The van der Waals surface area contributed by atoms with E-state index < -0.39 is 0 Å². The van der Waals surface area contributed by atoms with E-state index in [1.165, 1.54) is 5.56 Å². The zero-order valence-electron chi connectivity index (χ0n) is 11.0. The Bertz CT molecular complexity index is 641. The molecule has 20 heavy (non-hydrogen) atoms. The maximum absolute atomic E-state index is 12.2. The van der Waals surface area contributed by atoms with Crippen LogP contribution in [0.15, 0.2) is 48.5 Å². The number of anilines is 1. The maximum atomic E-state index is 12.2. The number of amides is 1. The molecule has 1 amide bonds. The molecule has 0 saturated carbocycles. The van der Waals surface area contributed by atoms with Gasteiger partial charge in [0.2, 0.25) is 5.91 Å². The highest BCUT2D eigenvalue weighted by molar-refractivity contribution is 8.00. The molecule has 1 saturated heterocycles. The monoisotopic (exact) mass is 303 g/mol. The van der Waals surface area contributed by atoms with Crippen molar-refractivity contribution in [3.8, 4) is 0 Å². The lowest BCUT2D eigenvalue weighted by Gasteiger charge is -2.24. The lowest BCUT2D eigenvalue weighted by atomic mass is 10.1. The van der Waals surface area contributed by atoms with E-state index in [9.17, 15) is 4.79 Å². The Morgan fingerprint density at radius 3 is 2.65 bits per heavy atom. The molecule has 2 nitrogen and oxygen atoms in total. The van der Waals surface area contributed by atoms with Crippen molar-refractivity contribution in [2.75, 3.05) is 10.7 Å². The molecule has 1 atom stereocenters. The first-order valence-electron chi connectivity index (χ1n) is 6.41. The van der Waals surface area contributed by atoms with Gasteiger partial charge in [-0.3, -0.25) is 9.69 Å². The molecule has 1 heterocycles. The van der Waals surface area contributed by atoms with Gasteiger partial charge in [-0.15, -0.1) is 11.8 Å². The van der Waals surface area contributed by atoms with Crippen LogP contribution in [0.1, 0.15) is 16.5 Å². The number of thioether (sulfide) groups is 1. The van der Waals surface area contributed by atoms with Crippen molar-refractivity contribution >= 4 is 35.0 Å². The first kappa shape index (κ1) is 13.5. The molecule has 0 unspecified atom stereocenters. The molecular formula is C16H14ClNOS. The van der Waals surface area contributed by atoms with Crippen LogP contribution in [0.25, 0.3) is 0 Å². The second-order valence-corrected chi connectivity index (χ2v) is 6.32. The van der Waals surface area contributed by atoms with Gasteiger partial charge in [0.15, 0.2) is 0 Å². The predicted molar refractivity (Wildman–Crippen MR) is 85.3 cm³/mol. The number of carbonyl (C=O) groups excluding carboxylic acids is 1. The van der Waals surface area contributed by atoms with Crippen LogP contribution in [0.2, 0.25) is 5.02 Å². The summed E-state index contributed by atoms with van der Waals surface area (Å²) in [6, 6.07) is 15.8. The Hall–Kier alpha value is -1.45. The van der Waals surface area contributed by atoms with Crippen LogP contribution >= 0.6 is 23.4 Å². The fraction of sp³-hybridized carbons (Fsp3) is 0.188. The summed E-state index contributed by atoms with van der Waals surface area (Å²) in [5.41, 5.74) is 3.22. The minimum Gasteiger partial charge on any atom is -0.295 e. The molecular weight excluding hydrogens is 290 g/mol. The van der Waals surface area contributed by atoms with E-state index in [2.05, 4.69) is 31.2 Å². The number of rotatable bonds is 2. The van der Waals surface area contributed by atoms with Gasteiger partial charge in [0, 0.05) is 10.7 Å². The number of halogens is 1. The van der Waals surface area contributed by atoms with Crippen LogP contribution in [0, 0.1) is 6.92 Å². The number of carbonyl (C=O) groups is 1. The van der Waals surface area contributed by atoms with Gasteiger partial charge in [-0.25, -0.2) is 0 Å². The molecule has 4 heteroatoms. The number of aryl methyl sites for hydroxylation is 1. The van der Waals surface area contributed by atoms with E-state index in [-0.39, 0.29) is 11.3 Å². The van der Waals surface area contributed by atoms with E-state index in [1.54, 1.807) is 11.8 Å². The molecule has 1 fully saturated rings. The van der Waals surface area contributed by atoms with E-state index in [0.29, 0.717) is 10.8 Å². The van der Waals surface area contributed by atoms with E-state index >= 15 is 0 Å². The Kier molecular flexibility index (Phi) is 3.72. The molecule has 102 valence electrons. The van der Waals surface area contributed by atoms with Gasteiger partial charge in [-0.1, -0.05) is 47.5 Å². The summed E-state index contributed by atoms with van der Waals surface area (Å²) < 4.78 is 0. The van der Waals surface area contributed by atoms with Gasteiger partial charge >= 0.3 is 0 Å². The summed E-state index contributed by atoms with van der Waals surface area (Å²) in [7, 11) is 0. The van der Waals surface area contributed by atoms with Crippen LogP contribution in [0.3, 0.4) is 0 Å². The largest absolute Gasteiger partial charge is 0.295 e. The van der Waals surface area contributed by atoms with Gasteiger partial charge in [0.05, 0.1) is 5.75 Å². The van der Waals surface area contributed by atoms with Gasteiger partial charge in [-0.2, -0.15) is 0 Å². The topological polar surface area (TPSA) is 20.3 Å². The van der Waals surface area contributed by atoms with Gasteiger partial charge in [0.25, 0.3) is 0 Å². The van der Waals surface area contributed by atoms with Crippen molar-refractivity contribution in [2.24, 2.45) is 0 Å². The Balaban J connectivity index is 1.98. The van der Waals surface area contributed by atoms with Crippen molar-refractivity contribution in [3.05, 3.63) is 64.7 Å². The highest BCUT2D eigenvalue weighted by Crippen LogP contribution is 2.42. The SMILES string of the molecule is Cc1ccc([C@@H]2SCC(=O)N2c2cccc(Cl)c2)cc1. The first-order valence-corrected chi connectivity index (χ1v) is 7.83. The summed E-state index contributed by atoms with van der Waals surface area (Å²) in [5.74, 6) is 0.633. The van der Waals surface area contributed by atoms with Crippen LogP contribution in [-0.2, 0) is 4.79 Å². The molecule has 2 aromatic rings. The van der Waals surface area contributed by atoms with Crippen molar-refractivity contribution in [1.29, 1.82) is 0 Å². The number of hydrogen-bond donors (Lipinski definition) is 0. The quantitative estimate of drug-likeness (QED) is 0.818. The van der Waals surface area contributed by atoms with E-state index in [4.69, 9.17) is 11.6 Å². The zero-order chi connectivity index (χ0) is 14.1. The van der Waals surface area contributed by atoms with E-state index in [1.807, 2.05) is 29.2 Å². The van der Waals surface area contributed by atoms with Crippen molar-refractivity contribution in [2.45, 2.75) is 12.3 Å². The van der Waals surface area contributed by atoms with Gasteiger partial charge < -0.3 is 0 Å². The zero-order valence-corrected chi connectivity index (χ0v) is 12.6. The number of nitrogens with zero attached hydrogens (tertiary/aromatic N) is 1. The minimum atomic E-state index is 0.0292. The van der Waals surface area contributed by atoms with E-state index in [0.717, 1.165) is 11.3 Å². The summed E-state index contributed by atoms with van der Waals surface area (Å²) in [6.45, 7) is 2.06. The number of benzene rings is 2. The Labute approximate surface area is 127 Å². The van der Waals surface area contributed by atoms with Crippen molar-refractivity contribution in [3.63, 3.8) is 0 Å². The van der Waals surface area contributed by atoms with Gasteiger partial charge in [-0.05, 0) is 30.7 Å². The second-order valence-electron chi connectivity index (χ2n) is 4.82. The summed E-state index contributed by atoms with van der Waals surface area (Å²) >= 11 is 7.69. The summed E-state index contributed by atoms with van der Waals surface area (Å²) in [4.78, 5) is 14.0. The third-order valence-corrected chi connectivity index (χ3v) is 4.76. The molecule has 0 radical (unpaired) electrons. The molecule has 0 aliphatic carbocycles.